The molecule has 0 saturated carbocycles. The molecule has 132 valence electrons. The highest BCUT2D eigenvalue weighted by Crippen LogP contribution is 2.19. The number of amides is 2. The first-order valence-electron chi connectivity index (χ1n) is 7.99. The van der Waals surface area contributed by atoms with Gasteiger partial charge >= 0.3 is 0 Å². The Morgan fingerprint density at radius 3 is 2.08 bits per heavy atom. The topological polar surface area (TPSA) is 67.4 Å². The highest BCUT2D eigenvalue weighted by atomic mass is 35.5. The molecule has 0 aliphatic rings. The molecule has 0 saturated heterocycles. The number of halogens is 1. The van der Waals surface area contributed by atoms with E-state index in [-0.39, 0.29) is 0 Å². The van der Waals surface area contributed by atoms with Crippen molar-refractivity contribution in [1.29, 1.82) is 0 Å². The van der Waals surface area contributed by atoms with E-state index in [1.807, 2.05) is 24.3 Å². The summed E-state index contributed by atoms with van der Waals surface area (Å²) in [5, 5.41) is 0.533. The van der Waals surface area contributed by atoms with Gasteiger partial charge in [-0.25, -0.2) is 0 Å². The summed E-state index contributed by atoms with van der Waals surface area (Å²) in [4.78, 5) is 24.0. The van der Waals surface area contributed by atoms with Crippen molar-refractivity contribution in [2.45, 2.75) is 32.8 Å². The summed E-state index contributed by atoms with van der Waals surface area (Å²) in [5.41, 5.74) is 6.28. The van der Waals surface area contributed by atoms with Gasteiger partial charge in [0.15, 0.2) is 6.10 Å². The van der Waals surface area contributed by atoms with Crippen LogP contribution >= 0.6 is 11.6 Å². The van der Waals surface area contributed by atoms with Crippen molar-refractivity contribution >= 4 is 23.4 Å². The SMILES string of the molecule is CC(Oc1ccc(C(C)C)cc1)C(=O)NNC(=O)c1ccc(Cl)cc1. The van der Waals surface area contributed by atoms with Crippen molar-refractivity contribution in [3.05, 3.63) is 64.7 Å². The molecule has 2 amide bonds. The zero-order valence-electron chi connectivity index (χ0n) is 14.4. The summed E-state index contributed by atoms with van der Waals surface area (Å²) in [6.45, 7) is 5.82. The van der Waals surface area contributed by atoms with Crippen LogP contribution in [0.4, 0.5) is 0 Å². The standard InChI is InChI=1S/C19H21ClN2O3/c1-12(2)14-6-10-17(11-7-14)25-13(3)18(23)21-22-19(24)15-4-8-16(20)9-5-15/h4-13H,1-3H3,(H,21,23)(H,22,24). The summed E-state index contributed by atoms with van der Waals surface area (Å²) in [6.07, 6.45) is -0.754. The van der Waals surface area contributed by atoms with E-state index in [2.05, 4.69) is 24.7 Å². The van der Waals surface area contributed by atoms with Crippen LogP contribution in [0.1, 0.15) is 42.6 Å². The van der Waals surface area contributed by atoms with Crippen LogP contribution in [0, 0.1) is 0 Å². The van der Waals surface area contributed by atoms with Crippen molar-refractivity contribution in [1.82, 2.24) is 10.9 Å². The van der Waals surface area contributed by atoms with Crippen molar-refractivity contribution in [3.63, 3.8) is 0 Å². The molecule has 0 heterocycles. The highest BCUT2D eigenvalue weighted by molar-refractivity contribution is 6.30. The third-order valence-electron chi connectivity index (χ3n) is 3.63. The van der Waals surface area contributed by atoms with E-state index in [1.54, 1.807) is 31.2 Å². The number of ether oxygens (including phenoxy) is 1. The molecule has 2 aromatic rings. The van der Waals surface area contributed by atoms with E-state index in [0.29, 0.717) is 22.3 Å². The van der Waals surface area contributed by atoms with E-state index in [0.717, 1.165) is 0 Å². The average Bonchev–Trinajstić information content (AvgIpc) is 2.60. The maximum atomic E-state index is 12.0. The number of nitrogens with one attached hydrogen (secondary N) is 2. The van der Waals surface area contributed by atoms with Gasteiger partial charge in [0.25, 0.3) is 11.8 Å². The van der Waals surface area contributed by atoms with E-state index in [4.69, 9.17) is 16.3 Å². The molecular weight excluding hydrogens is 340 g/mol. The molecule has 0 aliphatic heterocycles. The molecule has 0 fully saturated rings. The van der Waals surface area contributed by atoms with Gasteiger partial charge in [0.2, 0.25) is 0 Å². The Balaban J connectivity index is 1.85. The minimum absolute atomic E-state index is 0.391. The molecular formula is C19H21ClN2O3. The number of hydrogen-bond acceptors (Lipinski definition) is 3. The van der Waals surface area contributed by atoms with Crippen LogP contribution in [-0.4, -0.2) is 17.9 Å². The predicted molar refractivity (Wildman–Crippen MR) is 97.7 cm³/mol. The summed E-state index contributed by atoms with van der Waals surface area (Å²) in [5.74, 6) is 0.141. The minimum atomic E-state index is -0.754. The predicted octanol–water partition coefficient (Wildman–Crippen LogP) is 3.69. The van der Waals surface area contributed by atoms with E-state index in [9.17, 15) is 9.59 Å². The fraction of sp³-hybridized carbons (Fsp3) is 0.263. The zero-order chi connectivity index (χ0) is 18.4. The molecule has 2 N–H and O–H groups in total. The van der Waals surface area contributed by atoms with Crippen LogP contribution in [0.3, 0.4) is 0 Å². The zero-order valence-corrected chi connectivity index (χ0v) is 15.1. The lowest BCUT2D eigenvalue weighted by Gasteiger charge is -2.16. The Morgan fingerprint density at radius 2 is 1.52 bits per heavy atom. The Labute approximate surface area is 152 Å². The Bertz CT molecular complexity index is 727. The fourth-order valence-corrected chi connectivity index (χ4v) is 2.21. The van der Waals surface area contributed by atoms with Crippen LogP contribution in [0.25, 0.3) is 0 Å². The number of hydrazine groups is 1. The van der Waals surface area contributed by atoms with Gasteiger partial charge in [0.1, 0.15) is 5.75 Å². The van der Waals surface area contributed by atoms with Crippen LogP contribution in [0.5, 0.6) is 5.75 Å². The van der Waals surface area contributed by atoms with Crippen molar-refractivity contribution in [2.24, 2.45) is 0 Å². The molecule has 0 aromatic heterocycles. The molecule has 1 atom stereocenters. The van der Waals surface area contributed by atoms with Crippen molar-refractivity contribution in [3.8, 4) is 5.75 Å². The normalized spacial score (nSPS) is 11.7. The van der Waals surface area contributed by atoms with E-state index in [1.165, 1.54) is 5.56 Å². The summed E-state index contributed by atoms with van der Waals surface area (Å²) < 4.78 is 5.58. The number of carbonyl (C=O) groups is 2. The first-order chi connectivity index (χ1) is 11.9. The molecule has 6 heteroatoms. The molecule has 0 radical (unpaired) electrons. The van der Waals surface area contributed by atoms with Gasteiger partial charge in [-0.1, -0.05) is 37.6 Å². The summed E-state index contributed by atoms with van der Waals surface area (Å²) in [7, 11) is 0. The summed E-state index contributed by atoms with van der Waals surface area (Å²) in [6, 6.07) is 13.9. The van der Waals surface area contributed by atoms with Crippen LogP contribution in [-0.2, 0) is 4.79 Å². The largest absolute Gasteiger partial charge is 0.481 e. The molecule has 0 aliphatic carbocycles. The first kappa shape index (κ1) is 18.8. The van der Waals surface area contributed by atoms with Crippen LogP contribution in [0.15, 0.2) is 48.5 Å². The lowest BCUT2D eigenvalue weighted by atomic mass is 10.0. The molecule has 2 aromatic carbocycles. The first-order valence-corrected chi connectivity index (χ1v) is 8.37. The van der Waals surface area contributed by atoms with E-state index >= 15 is 0 Å². The minimum Gasteiger partial charge on any atom is -0.481 e. The smallest absolute Gasteiger partial charge is 0.279 e. The second-order valence-electron chi connectivity index (χ2n) is 5.93. The number of rotatable bonds is 5. The second-order valence-corrected chi connectivity index (χ2v) is 6.37. The van der Waals surface area contributed by atoms with Gasteiger partial charge in [-0.3, -0.25) is 20.4 Å². The summed E-state index contributed by atoms with van der Waals surface area (Å²) >= 11 is 5.77. The Morgan fingerprint density at radius 1 is 0.920 bits per heavy atom. The lowest BCUT2D eigenvalue weighted by Crippen LogP contribution is -2.47. The fourth-order valence-electron chi connectivity index (χ4n) is 2.08. The van der Waals surface area contributed by atoms with Gasteiger partial charge in [-0.05, 0) is 54.8 Å². The molecule has 25 heavy (non-hydrogen) atoms. The van der Waals surface area contributed by atoms with Crippen molar-refractivity contribution in [2.75, 3.05) is 0 Å². The molecule has 0 bridgehead atoms. The van der Waals surface area contributed by atoms with Gasteiger partial charge in [0, 0.05) is 10.6 Å². The highest BCUT2D eigenvalue weighted by Gasteiger charge is 2.16. The monoisotopic (exact) mass is 360 g/mol. The van der Waals surface area contributed by atoms with Gasteiger partial charge in [0.05, 0.1) is 0 Å². The maximum Gasteiger partial charge on any atom is 0.279 e. The quantitative estimate of drug-likeness (QED) is 0.799. The molecule has 0 spiro atoms. The molecule has 2 rings (SSSR count). The van der Waals surface area contributed by atoms with Gasteiger partial charge in [-0.15, -0.1) is 0 Å². The van der Waals surface area contributed by atoms with Gasteiger partial charge < -0.3 is 4.74 Å². The molecule has 1 unspecified atom stereocenters. The Kier molecular flexibility index (Phi) is 6.42. The second kappa shape index (κ2) is 8.53. The number of hydrogen-bond donors (Lipinski definition) is 2. The van der Waals surface area contributed by atoms with Gasteiger partial charge in [-0.2, -0.15) is 0 Å². The molecule has 5 nitrogen and oxygen atoms in total. The number of carbonyl (C=O) groups excluding carboxylic acids is 2. The average molecular weight is 361 g/mol. The van der Waals surface area contributed by atoms with Crippen LogP contribution in [0.2, 0.25) is 5.02 Å². The third-order valence-corrected chi connectivity index (χ3v) is 3.89. The third kappa shape index (κ3) is 5.50. The van der Waals surface area contributed by atoms with E-state index < -0.39 is 17.9 Å². The maximum absolute atomic E-state index is 12.0. The Hall–Kier alpha value is -2.53. The lowest BCUT2D eigenvalue weighted by molar-refractivity contribution is -0.128. The van der Waals surface area contributed by atoms with Crippen molar-refractivity contribution < 1.29 is 14.3 Å². The number of benzene rings is 2. The van der Waals surface area contributed by atoms with Crippen LogP contribution < -0.4 is 15.6 Å².